The number of piperidine rings is 1. The standard InChI is InChI=1S/C24H24N6O7/c1-15-14-28(24(33)26-22(15)31)19-6-8-27(9-7-19)18-4-2-16(3-5-18)13-25-23(32)17-10-20(29(34)35)12-21(11-17)30(36)37/h2-5,10-12,14,19H,6-9,13H2,1H3,(H,25,32)(H,26,31,33). The van der Waals surface area contributed by atoms with Crippen LogP contribution in [0.5, 0.6) is 0 Å². The number of aromatic amines is 1. The van der Waals surface area contributed by atoms with Crippen molar-refractivity contribution < 1.29 is 14.6 Å². The Kier molecular flexibility index (Phi) is 7.13. The van der Waals surface area contributed by atoms with Gasteiger partial charge in [0.1, 0.15) is 0 Å². The van der Waals surface area contributed by atoms with Crippen LogP contribution in [0.2, 0.25) is 0 Å². The second-order valence-electron chi connectivity index (χ2n) is 8.80. The van der Waals surface area contributed by atoms with E-state index < -0.39 is 32.8 Å². The summed E-state index contributed by atoms with van der Waals surface area (Å²) >= 11 is 0. The van der Waals surface area contributed by atoms with Crippen LogP contribution in [0.1, 0.15) is 40.4 Å². The molecule has 1 fully saturated rings. The van der Waals surface area contributed by atoms with Gasteiger partial charge in [-0.2, -0.15) is 0 Å². The Morgan fingerprint density at radius 3 is 2.19 bits per heavy atom. The molecule has 0 unspecified atom stereocenters. The Morgan fingerprint density at radius 2 is 1.62 bits per heavy atom. The average Bonchev–Trinajstić information content (AvgIpc) is 2.89. The lowest BCUT2D eigenvalue weighted by atomic mass is 10.0. The third-order valence-electron chi connectivity index (χ3n) is 6.34. The van der Waals surface area contributed by atoms with Gasteiger partial charge in [-0.1, -0.05) is 12.1 Å². The molecule has 2 aromatic carbocycles. The number of anilines is 1. The number of benzene rings is 2. The molecule has 1 aromatic heterocycles. The number of carbonyl (C=O) groups excluding carboxylic acids is 1. The lowest BCUT2D eigenvalue weighted by molar-refractivity contribution is -0.394. The molecule has 2 N–H and O–H groups in total. The zero-order chi connectivity index (χ0) is 26.7. The Morgan fingerprint density at radius 1 is 1.03 bits per heavy atom. The van der Waals surface area contributed by atoms with Gasteiger partial charge in [0.15, 0.2) is 0 Å². The van der Waals surface area contributed by atoms with Gasteiger partial charge in [0, 0.05) is 55.3 Å². The summed E-state index contributed by atoms with van der Waals surface area (Å²) in [6.45, 7) is 3.24. The number of nitrogens with zero attached hydrogens (tertiary/aromatic N) is 4. The number of hydrogen-bond acceptors (Lipinski definition) is 8. The molecule has 0 saturated carbocycles. The van der Waals surface area contributed by atoms with Gasteiger partial charge >= 0.3 is 5.69 Å². The molecule has 192 valence electrons. The smallest absolute Gasteiger partial charge is 0.328 e. The summed E-state index contributed by atoms with van der Waals surface area (Å²) < 4.78 is 1.59. The molecule has 1 aliphatic rings. The number of rotatable bonds is 7. The number of aryl methyl sites for hydroxylation is 1. The van der Waals surface area contributed by atoms with Crippen molar-refractivity contribution in [1.82, 2.24) is 14.9 Å². The first-order valence-corrected chi connectivity index (χ1v) is 11.5. The van der Waals surface area contributed by atoms with Gasteiger partial charge in [-0.25, -0.2) is 4.79 Å². The van der Waals surface area contributed by atoms with Crippen LogP contribution in [-0.2, 0) is 6.54 Å². The minimum Gasteiger partial charge on any atom is -0.371 e. The molecule has 0 bridgehead atoms. The summed E-state index contributed by atoms with van der Waals surface area (Å²) in [6.07, 6.45) is 3.08. The fourth-order valence-corrected chi connectivity index (χ4v) is 4.31. The van der Waals surface area contributed by atoms with E-state index in [0.717, 1.165) is 55.4 Å². The highest BCUT2D eigenvalue weighted by atomic mass is 16.6. The fraction of sp³-hybridized carbons (Fsp3) is 0.292. The summed E-state index contributed by atoms with van der Waals surface area (Å²) in [4.78, 5) is 61.3. The van der Waals surface area contributed by atoms with E-state index in [-0.39, 0.29) is 23.7 Å². The molecule has 0 spiro atoms. The van der Waals surface area contributed by atoms with E-state index in [4.69, 9.17) is 0 Å². The highest BCUT2D eigenvalue weighted by molar-refractivity contribution is 5.95. The summed E-state index contributed by atoms with van der Waals surface area (Å²) in [7, 11) is 0. The van der Waals surface area contributed by atoms with Gasteiger partial charge < -0.3 is 10.2 Å². The largest absolute Gasteiger partial charge is 0.371 e. The molecule has 1 saturated heterocycles. The topological polar surface area (TPSA) is 173 Å². The van der Waals surface area contributed by atoms with Crippen LogP contribution in [0, 0.1) is 27.2 Å². The third-order valence-corrected chi connectivity index (χ3v) is 6.34. The van der Waals surface area contributed by atoms with Gasteiger partial charge in [-0.15, -0.1) is 0 Å². The number of nitro benzene ring substituents is 2. The number of H-pyrrole nitrogens is 1. The quantitative estimate of drug-likeness (QED) is 0.361. The molecule has 3 aromatic rings. The van der Waals surface area contributed by atoms with Crippen LogP contribution in [0.15, 0.2) is 58.3 Å². The number of carbonyl (C=O) groups is 1. The Bertz CT molecular complexity index is 1440. The maximum atomic E-state index is 12.5. The molecule has 4 rings (SSSR count). The number of hydrogen-bond donors (Lipinski definition) is 2. The molecule has 0 radical (unpaired) electrons. The van der Waals surface area contributed by atoms with Gasteiger partial charge in [0.05, 0.1) is 21.5 Å². The van der Waals surface area contributed by atoms with Gasteiger partial charge in [-0.3, -0.25) is 39.4 Å². The summed E-state index contributed by atoms with van der Waals surface area (Å²) in [5, 5.41) is 24.7. The molecular formula is C24H24N6O7. The third kappa shape index (κ3) is 5.72. The predicted molar refractivity (Wildman–Crippen MR) is 134 cm³/mol. The van der Waals surface area contributed by atoms with Crippen molar-refractivity contribution in [1.29, 1.82) is 0 Å². The number of nitro groups is 2. The van der Waals surface area contributed by atoms with Crippen molar-refractivity contribution in [3.8, 4) is 0 Å². The number of aromatic nitrogens is 2. The van der Waals surface area contributed by atoms with E-state index in [1.165, 1.54) is 0 Å². The first kappa shape index (κ1) is 25.3. The average molecular weight is 508 g/mol. The molecule has 2 heterocycles. The second kappa shape index (κ2) is 10.4. The monoisotopic (exact) mass is 508 g/mol. The number of amides is 1. The zero-order valence-electron chi connectivity index (χ0n) is 19.9. The Hall–Kier alpha value is -4.81. The SMILES string of the molecule is Cc1cn(C2CCN(c3ccc(CNC(=O)c4cc([N+](=O)[O-])cc([N+](=O)[O-])c4)cc3)CC2)c(=O)[nH]c1=O. The van der Waals surface area contributed by atoms with Crippen molar-refractivity contribution in [3.63, 3.8) is 0 Å². The molecule has 13 heteroatoms. The van der Waals surface area contributed by atoms with Gasteiger partial charge in [0.2, 0.25) is 0 Å². The normalized spacial score (nSPS) is 13.8. The molecular weight excluding hydrogens is 484 g/mol. The maximum Gasteiger partial charge on any atom is 0.328 e. The minimum atomic E-state index is -0.786. The van der Waals surface area contributed by atoms with E-state index >= 15 is 0 Å². The molecule has 1 amide bonds. The Balaban J connectivity index is 1.36. The minimum absolute atomic E-state index is 0.00146. The highest BCUT2D eigenvalue weighted by Gasteiger charge is 2.23. The van der Waals surface area contributed by atoms with Crippen molar-refractivity contribution in [2.45, 2.75) is 32.4 Å². The van der Waals surface area contributed by atoms with E-state index in [1.807, 2.05) is 24.3 Å². The maximum absolute atomic E-state index is 12.5. The first-order chi connectivity index (χ1) is 17.6. The second-order valence-corrected chi connectivity index (χ2v) is 8.80. The van der Waals surface area contributed by atoms with Gasteiger partial charge in [-0.05, 0) is 37.5 Å². The Labute approximate surface area is 209 Å². The summed E-state index contributed by atoms with van der Waals surface area (Å²) in [5.74, 6) is -0.661. The number of nitrogens with one attached hydrogen (secondary N) is 2. The van der Waals surface area contributed by atoms with Crippen molar-refractivity contribution in [3.05, 3.63) is 106 Å². The lowest BCUT2D eigenvalue weighted by Crippen LogP contribution is -2.40. The predicted octanol–water partition coefficient (Wildman–Crippen LogP) is 2.43. The van der Waals surface area contributed by atoms with E-state index in [2.05, 4.69) is 15.2 Å². The first-order valence-electron chi connectivity index (χ1n) is 11.5. The van der Waals surface area contributed by atoms with Gasteiger partial charge in [0.25, 0.3) is 22.8 Å². The van der Waals surface area contributed by atoms with Crippen molar-refractivity contribution in [2.24, 2.45) is 0 Å². The molecule has 1 aliphatic heterocycles. The fourth-order valence-electron chi connectivity index (χ4n) is 4.31. The van der Waals surface area contributed by atoms with Crippen LogP contribution in [0.3, 0.4) is 0 Å². The van der Waals surface area contributed by atoms with Crippen LogP contribution in [0.4, 0.5) is 17.1 Å². The number of non-ortho nitro benzene ring substituents is 2. The molecule has 0 aliphatic carbocycles. The highest BCUT2D eigenvalue weighted by Crippen LogP contribution is 2.26. The lowest BCUT2D eigenvalue weighted by Gasteiger charge is -2.34. The van der Waals surface area contributed by atoms with E-state index in [9.17, 15) is 34.6 Å². The molecule has 37 heavy (non-hydrogen) atoms. The van der Waals surface area contributed by atoms with Crippen molar-refractivity contribution >= 4 is 23.0 Å². The van der Waals surface area contributed by atoms with Crippen molar-refractivity contribution in [2.75, 3.05) is 18.0 Å². The van der Waals surface area contributed by atoms with E-state index in [1.54, 1.807) is 17.7 Å². The van der Waals surface area contributed by atoms with Crippen LogP contribution < -0.4 is 21.5 Å². The van der Waals surface area contributed by atoms with Crippen LogP contribution >= 0.6 is 0 Å². The molecule has 13 nitrogen and oxygen atoms in total. The van der Waals surface area contributed by atoms with Crippen LogP contribution in [-0.4, -0.2) is 38.4 Å². The van der Waals surface area contributed by atoms with E-state index in [0.29, 0.717) is 5.56 Å². The summed E-state index contributed by atoms with van der Waals surface area (Å²) in [6, 6.07) is 10.3. The van der Waals surface area contributed by atoms with Crippen LogP contribution in [0.25, 0.3) is 0 Å². The molecule has 0 atom stereocenters. The summed E-state index contributed by atoms with van der Waals surface area (Å²) in [5.41, 5.74) is 0.239. The zero-order valence-corrected chi connectivity index (χ0v) is 19.9.